The molecule has 1 aromatic rings. The molecule has 1 atom stereocenters. The molecule has 1 aromatic carbocycles. The number of carbonyl (C=O) groups is 2. The van der Waals surface area contributed by atoms with Crippen molar-refractivity contribution in [3.05, 3.63) is 28.8 Å². The van der Waals surface area contributed by atoms with E-state index in [1.165, 1.54) is 22.5 Å². The van der Waals surface area contributed by atoms with Crippen LogP contribution in [0, 0.1) is 0 Å². The van der Waals surface area contributed by atoms with E-state index >= 15 is 0 Å². The van der Waals surface area contributed by atoms with E-state index in [9.17, 15) is 18.0 Å². The van der Waals surface area contributed by atoms with E-state index in [2.05, 4.69) is 0 Å². The maximum Gasteiger partial charge on any atom is 0.347 e. The number of sulfonamides is 1. The molecule has 0 spiro atoms. The van der Waals surface area contributed by atoms with Gasteiger partial charge < -0.3 is 9.47 Å². The molecule has 0 radical (unpaired) electrons. The fraction of sp³-hybridized carbons (Fsp3) is 0.529. The Morgan fingerprint density at radius 3 is 2.50 bits per heavy atom. The monoisotopic (exact) mass is 401 g/mol. The number of hydrogen-bond acceptors (Lipinski definition) is 6. The molecule has 2 heterocycles. The van der Waals surface area contributed by atoms with E-state index in [1.54, 1.807) is 0 Å². The van der Waals surface area contributed by atoms with E-state index in [-0.39, 0.29) is 28.5 Å². The summed E-state index contributed by atoms with van der Waals surface area (Å²) in [5.41, 5.74) is 0.0301. The summed E-state index contributed by atoms with van der Waals surface area (Å²) >= 11 is 6.11. The van der Waals surface area contributed by atoms with Gasteiger partial charge in [0.1, 0.15) is 4.90 Å². The van der Waals surface area contributed by atoms with Crippen molar-refractivity contribution in [1.82, 2.24) is 4.31 Å². The molecule has 1 unspecified atom stereocenters. The molecule has 7 nitrogen and oxygen atoms in total. The number of ether oxygens (including phenoxy) is 2. The van der Waals surface area contributed by atoms with Crippen molar-refractivity contribution in [1.29, 1.82) is 0 Å². The van der Waals surface area contributed by atoms with Crippen LogP contribution in [0.3, 0.4) is 0 Å². The van der Waals surface area contributed by atoms with Crippen LogP contribution in [0.15, 0.2) is 23.1 Å². The lowest BCUT2D eigenvalue weighted by molar-refractivity contribution is -0.145. The molecule has 0 aromatic heterocycles. The first-order valence-corrected chi connectivity index (χ1v) is 10.4. The molecule has 2 saturated heterocycles. The number of carbonyl (C=O) groups excluding carboxylic acids is 2. The van der Waals surface area contributed by atoms with Gasteiger partial charge in [0.15, 0.2) is 0 Å². The second-order valence-corrected chi connectivity index (χ2v) is 8.63. The van der Waals surface area contributed by atoms with Gasteiger partial charge in [-0.05, 0) is 31.0 Å². The zero-order chi connectivity index (χ0) is 18.7. The highest BCUT2D eigenvalue weighted by Crippen LogP contribution is 2.28. The zero-order valence-electron chi connectivity index (χ0n) is 14.1. The third kappa shape index (κ3) is 4.02. The molecule has 0 N–H and O–H groups in total. The lowest BCUT2D eigenvalue weighted by Crippen LogP contribution is -2.32. The molecule has 9 heteroatoms. The number of halogens is 1. The third-order valence-electron chi connectivity index (χ3n) is 4.49. The number of benzene rings is 1. The SMILES string of the molecule is O=C(OC1CCOC1=O)c1ccc(Cl)c(S(=O)(=O)N2CCCCCC2)c1. The molecular weight excluding hydrogens is 382 g/mol. The maximum absolute atomic E-state index is 12.9. The highest BCUT2D eigenvalue weighted by Gasteiger charge is 2.32. The Bertz CT molecular complexity index is 801. The van der Waals surface area contributed by atoms with Crippen LogP contribution in [-0.4, -0.2) is 50.5 Å². The minimum Gasteiger partial charge on any atom is -0.463 e. The predicted octanol–water partition coefficient (Wildman–Crippen LogP) is 2.38. The highest BCUT2D eigenvalue weighted by molar-refractivity contribution is 7.89. The summed E-state index contributed by atoms with van der Waals surface area (Å²) < 4.78 is 37.2. The van der Waals surface area contributed by atoms with Crippen molar-refractivity contribution in [2.45, 2.75) is 43.1 Å². The Balaban J connectivity index is 1.84. The summed E-state index contributed by atoms with van der Waals surface area (Å²) in [7, 11) is -3.81. The van der Waals surface area contributed by atoms with Gasteiger partial charge in [-0.3, -0.25) is 0 Å². The maximum atomic E-state index is 12.9. The van der Waals surface area contributed by atoms with E-state index in [0.717, 1.165) is 25.7 Å². The lowest BCUT2D eigenvalue weighted by Gasteiger charge is -2.21. The number of esters is 2. The lowest BCUT2D eigenvalue weighted by atomic mass is 10.2. The number of cyclic esters (lactones) is 1. The molecule has 0 saturated carbocycles. The summed E-state index contributed by atoms with van der Waals surface area (Å²) in [6.07, 6.45) is 2.90. The number of nitrogens with zero attached hydrogens (tertiary/aromatic N) is 1. The van der Waals surface area contributed by atoms with E-state index < -0.39 is 28.1 Å². The fourth-order valence-corrected chi connectivity index (χ4v) is 5.05. The van der Waals surface area contributed by atoms with Crippen LogP contribution in [0.1, 0.15) is 42.5 Å². The van der Waals surface area contributed by atoms with Crippen LogP contribution >= 0.6 is 11.6 Å². The third-order valence-corrected chi connectivity index (χ3v) is 6.87. The standard InChI is InChI=1S/C17H20ClNO6S/c18-13-6-5-12(16(20)25-14-7-10-24-17(14)21)11-15(13)26(22,23)19-8-3-1-2-4-9-19/h5-6,11,14H,1-4,7-10H2. The zero-order valence-corrected chi connectivity index (χ0v) is 15.7. The topological polar surface area (TPSA) is 90.0 Å². The summed E-state index contributed by atoms with van der Waals surface area (Å²) in [5.74, 6) is -1.37. The van der Waals surface area contributed by atoms with Crippen molar-refractivity contribution in [3.63, 3.8) is 0 Å². The first-order chi connectivity index (χ1) is 12.4. The average Bonchev–Trinajstić information content (AvgIpc) is 2.86. The fourth-order valence-electron chi connectivity index (χ4n) is 3.03. The average molecular weight is 402 g/mol. The van der Waals surface area contributed by atoms with Crippen LogP contribution in [0.5, 0.6) is 0 Å². The Labute approximate surface area is 157 Å². The van der Waals surface area contributed by atoms with Crippen LogP contribution in [-0.2, 0) is 24.3 Å². The van der Waals surface area contributed by atoms with Gasteiger partial charge in [0.2, 0.25) is 16.1 Å². The molecule has 0 bridgehead atoms. The quantitative estimate of drug-likeness (QED) is 0.719. The molecule has 2 fully saturated rings. The summed E-state index contributed by atoms with van der Waals surface area (Å²) in [5, 5.41) is 0.0473. The van der Waals surface area contributed by atoms with Crippen LogP contribution < -0.4 is 0 Å². The normalized spacial score (nSPS) is 21.9. The molecule has 26 heavy (non-hydrogen) atoms. The Kier molecular flexibility index (Phi) is 5.84. The summed E-state index contributed by atoms with van der Waals surface area (Å²) in [4.78, 5) is 23.6. The van der Waals surface area contributed by atoms with Gasteiger partial charge in [0.25, 0.3) is 0 Å². The van der Waals surface area contributed by atoms with Crippen LogP contribution in [0.2, 0.25) is 5.02 Å². The van der Waals surface area contributed by atoms with Gasteiger partial charge in [-0.2, -0.15) is 4.31 Å². The van der Waals surface area contributed by atoms with Crippen molar-refractivity contribution >= 4 is 33.6 Å². The van der Waals surface area contributed by atoms with Crippen LogP contribution in [0.25, 0.3) is 0 Å². The molecule has 142 valence electrons. The molecule has 2 aliphatic rings. The minimum absolute atomic E-state index is 0.0301. The Morgan fingerprint density at radius 2 is 1.88 bits per heavy atom. The molecule has 0 aliphatic carbocycles. The van der Waals surface area contributed by atoms with E-state index in [0.29, 0.717) is 13.1 Å². The van der Waals surface area contributed by atoms with Gasteiger partial charge in [-0.25, -0.2) is 18.0 Å². The second kappa shape index (κ2) is 7.94. The Hall–Kier alpha value is -1.64. The van der Waals surface area contributed by atoms with Crippen LogP contribution in [0.4, 0.5) is 0 Å². The van der Waals surface area contributed by atoms with E-state index in [1.807, 2.05) is 0 Å². The van der Waals surface area contributed by atoms with Crippen molar-refractivity contribution in [3.8, 4) is 0 Å². The molecule has 2 aliphatic heterocycles. The van der Waals surface area contributed by atoms with Crippen molar-refractivity contribution in [2.24, 2.45) is 0 Å². The largest absolute Gasteiger partial charge is 0.463 e. The molecule has 3 rings (SSSR count). The van der Waals surface area contributed by atoms with Gasteiger partial charge in [0, 0.05) is 19.5 Å². The first-order valence-electron chi connectivity index (χ1n) is 8.57. The number of hydrogen-bond donors (Lipinski definition) is 0. The Morgan fingerprint density at radius 1 is 1.19 bits per heavy atom. The smallest absolute Gasteiger partial charge is 0.347 e. The summed E-state index contributed by atoms with van der Waals surface area (Å²) in [6, 6.07) is 3.95. The van der Waals surface area contributed by atoms with Gasteiger partial charge in [-0.15, -0.1) is 0 Å². The second-order valence-electron chi connectivity index (χ2n) is 6.31. The first kappa shape index (κ1) is 19.1. The molecular formula is C17H20ClNO6S. The van der Waals surface area contributed by atoms with Crippen molar-refractivity contribution in [2.75, 3.05) is 19.7 Å². The summed E-state index contributed by atoms with van der Waals surface area (Å²) in [6.45, 7) is 1.06. The predicted molar refractivity (Wildman–Crippen MR) is 93.5 cm³/mol. The van der Waals surface area contributed by atoms with Crippen molar-refractivity contribution < 1.29 is 27.5 Å². The van der Waals surface area contributed by atoms with Gasteiger partial charge >= 0.3 is 11.9 Å². The highest BCUT2D eigenvalue weighted by atomic mass is 35.5. The van der Waals surface area contributed by atoms with Gasteiger partial charge in [0.05, 0.1) is 17.2 Å². The van der Waals surface area contributed by atoms with E-state index in [4.69, 9.17) is 21.1 Å². The molecule has 0 amide bonds. The number of rotatable bonds is 4. The minimum atomic E-state index is -3.81. The van der Waals surface area contributed by atoms with Gasteiger partial charge in [-0.1, -0.05) is 24.4 Å².